The van der Waals surface area contributed by atoms with Crippen LogP contribution in [0, 0.1) is 0 Å². The average Bonchev–Trinajstić information content (AvgIpc) is 2.69. The van der Waals surface area contributed by atoms with E-state index < -0.39 is 0 Å². The van der Waals surface area contributed by atoms with Crippen molar-refractivity contribution >= 4 is 0 Å². The van der Waals surface area contributed by atoms with Gasteiger partial charge in [0.25, 0.3) is 0 Å². The molecular weight excluding hydrogens is 200 g/mol. The Morgan fingerprint density at radius 1 is 1.38 bits per heavy atom. The van der Waals surface area contributed by atoms with E-state index in [0.29, 0.717) is 0 Å². The molecule has 3 rings (SSSR count). The maximum Gasteiger partial charge on any atom is 0.110 e. The first kappa shape index (κ1) is 10.4. The van der Waals surface area contributed by atoms with Crippen molar-refractivity contribution in [1.82, 2.24) is 10.2 Å². The largest absolute Gasteiger partial charge is 0.469 e. The lowest BCUT2D eigenvalue weighted by Gasteiger charge is -2.37. The maximum atomic E-state index is 5.60. The van der Waals surface area contributed by atoms with Gasteiger partial charge in [-0.2, -0.15) is 0 Å². The van der Waals surface area contributed by atoms with Crippen LogP contribution in [-0.2, 0) is 12.0 Å². The molecule has 1 saturated heterocycles. The smallest absolute Gasteiger partial charge is 0.110 e. The summed E-state index contributed by atoms with van der Waals surface area (Å²) in [4.78, 5) is 2.44. The van der Waals surface area contributed by atoms with Gasteiger partial charge in [-0.25, -0.2) is 0 Å². The molecule has 3 heteroatoms. The van der Waals surface area contributed by atoms with Crippen molar-refractivity contribution in [2.45, 2.75) is 31.2 Å². The van der Waals surface area contributed by atoms with Crippen LogP contribution in [0.5, 0.6) is 0 Å². The van der Waals surface area contributed by atoms with Gasteiger partial charge in [-0.1, -0.05) is 0 Å². The zero-order chi connectivity index (χ0) is 11.0. The van der Waals surface area contributed by atoms with Crippen LogP contribution in [0.4, 0.5) is 0 Å². The Hall–Kier alpha value is -0.800. The maximum absolute atomic E-state index is 5.60. The second-order valence-electron chi connectivity index (χ2n) is 5.17. The van der Waals surface area contributed by atoms with Gasteiger partial charge in [0.1, 0.15) is 5.76 Å². The van der Waals surface area contributed by atoms with Crippen LogP contribution in [0.15, 0.2) is 16.7 Å². The fourth-order valence-electron chi connectivity index (χ4n) is 3.19. The van der Waals surface area contributed by atoms with Crippen molar-refractivity contribution in [3.63, 3.8) is 0 Å². The Morgan fingerprint density at radius 2 is 2.31 bits per heavy atom. The van der Waals surface area contributed by atoms with E-state index >= 15 is 0 Å². The van der Waals surface area contributed by atoms with Gasteiger partial charge >= 0.3 is 0 Å². The summed E-state index contributed by atoms with van der Waals surface area (Å²) in [5, 5.41) is 3.75. The van der Waals surface area contributed by atoms with Crippen molar-refractivity contribution in [2.75, 3.05) is 26.7 Å². The SMILES string of the molecule is CN1CCCC2(CC1)NCCc1occc12. The van der Waals surface area contributed by atoms with Crippen molar-refractivity contribution < 1.29 is 4.42 Å². The van der Waals surface area contributed by atoms with Crippen LogP contribution in [0.25, 0.3) is 0 Å². The molecule has 1 fully saturated rings. The fourth-order valence-corrected chi connectivity index (χ4v) is 3.19. The molecule has 0 bridgehead atoms. The summed E-state index contributed by atoms with van der Waals surface area (Å²) in [6.07, 6.45) is 6.61. The summed E-state index contributed by atoms with van der Waals surface area (Å²) in [5.74, 6) is 1.21. The third-order valence-electron chi connectivity index (χ3n) is 4.14. The normalized spacial score (nSPS) is 31.3. The van der Waals surface area contributed by atoms with E-state index in [1.807, 2.05) is 6.26 Å². The van der Waals surface area contributed by atoms with Crippen LogP contribution < -0.4 is 5.32 Å². The summed E-state index contributed by atoms with van der Waals surface area (Å²) in [6.45, 7) is 3.46. The van der Waals surface area contributed by atoms with E-state index in [1.54, 1.807) is 0 Å². The molecule has 0 radical (unpaired) electrons. The molecule has 1 N–H and O–H groups in total. The van der Waals surface area contributed by atoms with Gasteiger partial charge in [-0.05, 0) is 45.5 Å². The lowest BCUT2D eigenvalue weighted by atomic mass is 9.80. The number of likely N-dealkylation sites (tertiary alicyclic amines) is 1. The van der Waals surface area contributed by atoms with Crippen LogP contribution in [0.1, 0.15) is 30.6 Å². The van der Waals surface area contributed by atoms with Gasteiger partial charge in [0.15, 0.2) is 0 Å². The summed E-state index contributed by atoms with van der Waals surface area (Å²) in [6, 6.07) is 2.17. The van der Waals surface area contributed by atoms with E-state index in [-0.39, 0.29) is 5.54 Å². The first-order valence-corrected chi connectivity index (χ1v) is 6.31. The minimum Gasteiger partial charge on any atom is -0.469 e. The molecule has 1 aromatic heterocycles. The third kappa shape index (κ3) is 1.59. The highest BCUT2D eigenvalue weighted by Gasteiger charge is 2.38. The van der Waals surface area contributed by atoms with Crippen molar-refractivity contribution in [1.29, 1.82) is 0 Å². The first-order valence-electron chi connectivity index (χ1n) is 6.31. The molecule has 3 heterocycles. The van der Waals surface area contributed by atoms with Crippen molar-refractivity contribution in [3.05, 3.63) is 23.7 Å². The zero-order valence-electron chi connectivity index (χ0n) is 9.96. The Labute approximate surface area is 96.8 Å². The van der Waals surface area contributed by atoms with Crippen molar-refractivity contribution in [2.24, 2.45) is 0 Å². The average molecular weight is 220 g/mol. The first-order chi connectivity index (χ1) is 7.80. The lowest BCUT2D eigenvalue weighted by Crippen LogP contribution is -2.47. The van der Waals surface area contributed by atoms with Gasteiger partial charge < -0.3 is 14.6 Å². The second-order valence-corrected chi connectivity index (χ2v) is 5.17. The Kier molecular flexibility index (Phi) is 2.52. The van der Waals surface area contributed by atoms with E-state index in [9.17, 15) is 0 Å². The Balaban J connectivity index is 1.94. The van der Waals surface area contributed by atoms with E-state index in [2.05, 4.69) is 23.3 Å². The van der Waals surface area contributed by atoms with Gasteiger partial charge in [0.05, 0.1) is 6.26 Å². The fraction of sp³-hybridized carbons (Fsp3) is 0.692. The summed E-state index contributed by atoms with van der Waals surface area (Å²) in [7, 11) is 2.22. The number of nitrogens with zero attached hydrogens (tertiary/aromatic N) is 1. The molecule has 88 valence electrons. The molecule has 0 amide bonds. The van der Waals surface area contributed by atoms with Crippen LogP contribution in [0.3, 0.4) is 0 Å². The minimum atomic E-state index is 0.200. The summed E-state index contributed by atoms with van der Waals surface area (Å²) < 4.78 is 5.60. The van der Waals surface area contributed by atoms with Gasteiger partial charge in [0.2, 0.25) is 0 Å². The number of rotatable bonds is 0. The molecule has 0 saturated carbocycles. The molecule has 0 aliphatic carbocycles. The van der Waals surface area contributed by atoms with Gasteiger partial charge in [0, 0.05) is 24.1 Å². The van der Waals surface area contributed by atoms with E-state index in [4.69, 9.17) is 4.42 Å². The molecule has 3 nitrogen and oxygen atoms in total. The molecule has 1 aromatic rings. The zero-order valence-corrected chi connectivity index (χ0v) is 9.96. The monoisotopic (exact) mass is 220 g/mol. The molecule has 0 aromatic carbocycles. The van der Waals surface area contributed by atoms with Crippen LogP contribution in [0.2, 0.25) is 0 Å². The molecule has 1 unspecified atom stereocenters. The van der Waals surface area contributed by atoms with E-state index in [0.717, 1.165) is 13.0 Å². The minimum absolute atomic E-state index is 0.200. The molecule has 2 aliphatic rings. The number of hydrogen-bond donors (Lipinski definition) is 1. The van der Waals surface area contributed by atoms with Gasteiger partial charge in [-0.3, -0.25) is 0 Å². The summed E-state index contributed by atoms with van der Waals surface area (Å²) >= 11 is 0. The Morgan fingerprint density at radius 3 is 3.25 bits per heavy atom. The molecule has 2 aliphatic heterocycles. The van der Waals surface area contributed by atoms with E-state index in [1.165, 1.54) is 43.7 Å². The van der Waals surface area contributed by atoms with Crippen LogP contribution >= 0.6 is 0 Å². The molecule has 1 atom stereocenters. The number of hydrogen-bond acceptors (Lipinski definition) is 3. The number of nitrogens with one attached hydrogen (secondary N) is 1. The topological polar surface area (TPSA) is 28.4 Å². The molecule has 1 spiro atoms. The second kappa shape index (κ2) is 3.90. The van der Waals surface area contributed by atoms with Crippen LogP contribution in [-0.4, -0.2) is 31.6 Å². The lowest BCUT2D eigenvalue weighted by molar-refractivity contribution is 0.258. The number of furan rings is 1. The third-order valence-corrected chi connectivity index (χ3v) is 4.14. The van der Waals surface area contributed by atoms with Gasteiger partial charge in [-0.15, -0.1) is 0 Å². The highest BCUT2D eigenvalue weighted by molar-refractivity contribution is 5.30. The van der Waals surface area contributed by atoms with Crippen molar-refractivity contribution in [3.8, 4) is 0 Å². The predicted octanol–water partition coefficient (Wildman–Crippen LogP) is 1.74. The quantitative estimate of drug-likeness (QED) is 0.722. The predicted molar refractivity (Wildman–Crippen MR) is 63.4 cm³/mol. The molecular formula is C13H20N2O. The Bertz CT molecular complexity index is 374. The highest BCUT2D eigenvalue weighted by atomic mass is 16.3. The number of fused-ring (bicyclic) bond motifs is 2. The summed E-state index contributed by atoms with van der Waals surface area (Å²) in [5.41, 5.74) is 1.62. The highest BCUT2D eigenvalue weighted by Crippen LogP contribution is 2.37. The molecule has 16 heavy (non-hydrogen) atoms. The standard InChI is InChI=1S/C13H20N2O/c1-15-8-2-5-13(6-9-15)11-4-10-16-12(11)3-7-14-13/h4,10,14H,2-3,5-9H2,1H3.